The molecule has 1 N–H and O–H groups in total. The Morgan fingerprint density at radius 1 is 1.21 bits per heavy atom. The first-order chi connectivity index (χ1) is 11.8. The van der Waals surface area contributed by atoms with Crippen molar-refractivity contribution >= 4 is 5.78 Å². The van der Waals surface area contributed by atoms with E-state index in [1.165, 1.54) is 11.1 Å². The fourth-order valence-corrected chi connectivity index (χ4v) is 5.29. The topological polar surface area (TPSA) is 53.8 Å². The number of dihydropyridines is 1. The zero-order chi connectivity index (χ0) is 16.3. The van der Waals surface area contributed by atoms with Crippen LogP contribution in [0.4, 0.5) is 0 Å². The molecule has 4 heteroatoms. The molecule has 1 aromatic carbocycles. The van der Waals surface area contributed by atoms with E-state index in [2.05, 4.69) is 46.7 Å². The highest BCUT2D eigenvalue weighted by Gasteiger charge is 2.54. The van der Waals surface area contributed by atoms with Crippen LogP contribution in [-0.2, 0) is 10.2 Å². The van der Waals surface area contributed by atoms with Crippen molar-refractivity contribution in [2.24, 2.45) is 22.1 Å². The Balaban J connectivity index is 1.81. The Bertz CT molecular complexity index is 821. The molecule has 2 aliphatic carbocycles. The molecule has 5 rings (SSSR count). The number of fused-ring (bicyclic) bond motifs is 3. The number of Topliss-reactive ketones (excluding diaryl/α,β-unsaturated/α-hetero) is 1. The maximum atomic E-state index is 13.4. The second kappa shape index (κ2) is 4.88. The third-order valence-electron chi connectivity index (χ3n) is 6.40. The largest absolute Gasteiger partial charge is 0.342 e. The lowest BCUT2D eigenvalue weighted by atomic mass is 9.60. The van der Waals surface area contributed by atoms with Gasteiger partial charge in [0.1, 0.15) is 0 Å². The summed E-state index contributed by atoms with van der Waals surface area (Å²) in [4.78, 5) is 13.4. The van der Waals surface area contributed by atoms with Crippen LogP contribution < -0.4 is 5.32 Å². The van der Waals surface area contributed by atoms with E-state index >= 15 is 0 Å². The number of carbonyl (C=O) groups excluding carboxylic acids is 1. The molecule has 4 aliphatic rings. The van der Waals surface area contributed by atoms with Crippen LogP contribution in [0.25, 0.3) is 0 Å². The molecule has 122 valence electrons. The molecule has 0 unspecified atom stereocenters. The van der Waals surface area contributed by atoms with Crippen molar-refractivity contribution in [3.8, 4) is 0 Å². The van der Waals surface area contributed by atoms with Gasteiger partial charge in [0.15, 0.2) is 11.6 Å². The number of hydrogen-bond donors (Lipinski definition) is 1. The van der Waals surface area contributed by atoms with Gasteiger partial charge in [-0.2, -0.15) is 5.11 Å². The van der Waals surface area contributed by atoms with E-state index in [1.807, 2.05) is 6.07 Å². The minimum atomic E-state index is -0.362. The molecular formula is C20H21N3O. The van der Waals surface area contributed by atoms with Crippen LogP contribution in [0.1, 0.15) is 38.2 Å². The van der Waals surface area contributed by atoms with Crippen LogP contribution in [-0.4, -0.2) is 12.3 Å². The second-order valence-corrected chi connectivity index (χ2v) is 7.34. The van der Waals surface area contributed by atoms with Gasteiger partial charge in [-0.25, -0.2) is 0 Å². The van der Waals surface area contributed by atoms with Crippen LogP contribution in [0.3, 0.4) is 0 Å². The highest BCUT2D eigenvalue weighted by atomic mass is 16.1. The van der Waals surface area contributed by atoms with Gasteiger partial charge in [-0.15, -0.1) is 5.11 Å². The summed E-state index contributed by atoms with van der Waals surface area (Å²) in [5.41, 5.74) is 4.17. The van der Waals surface area contributed by atoms with Gasteiger partial charge in [-0.3, -0.25) is 4.79 Å². The number of carbonyl (C=O) groups is 1. The Morgan fingerprint density at radius 2 is 2.00 bits per heavy atom. The Hall–Kier alpha value is -2.23. The van der Waals surface area contributed by atoms with E-state index in [0.717, 1.165) is 42.8 Å². The number of nitrogens with zero attached hydrogens (tertiary/aromatic N) is 2. The predicted octanol–water partition coefficient (Wildman–Crippen LogP) is 3.87. The summed E-state index contributed by atoms with van der Waals surface area (Å²) < 4.78 is 0. The molecule has 3 atom stereocenters. The van der Waals surface area contributed by atoms with Crippen LogP contribution in [0.15, 0.2) is 63.2 Å². The van der Waals surface area contributed by atoms with Gasteiger partial charge >= 0.3 is 0 Å². The normalized spacial score (nSPS) is 33.6. The Labute approximate surface area is 141 Å². The molecule has 24 heavy (non-hydrogen) atoms. The van der Waals surface area contributed by atoms with E-state index < -0.39 is 0 Å². The lowest BCUT2D eigenvalue weighted by Crippen LogP contribution is -2.46. The maximum Gasteiger partial charge on any atom is 0.164 e. The van der Waals surface area contributed by atoms with Gasteiger partial charge in [0, 0.05) is 28.7 Å². The summed E-state index contributed by atoms with van der Waals surface area (Å²) >= 11 is 0. The first kappa shape index (κ1) is 14.1. The van der Waals surface area contributed by atoms with Crippen LogP contribution >= 0.6 is 0 Å². The minimum Gasteiger partial charge on any atom is -0.342 e. The van der Waals surface area contributed by atoms with Gasteiger partial charge in [-0.1, -0.05) is 37.3 Å². The van der Waals surface area contributed by atoms with Gasteiger partial charge in [-0.05, 0) is 31.2 Å². The lowest BCUT2D eigenvalue weighted by molar-refractivity contribution is -0.120. The molecule has 4 nitrogen and oxygen atoms in total. The molecule has 1 saturated carbocycles. The zero-order valence-electron chi connectivity index (χ0n) is 13.9. The third kappa shape index (κ3) is 1.61. The van der Waals surface area contributed by atoms with E-state index in [1.54, 1.807) is 0 Å². The van der Waals surface area contributed by atoms with Crippen LogP contribution in [0.2, 0.25) is 0 Å². The number of rotatable bonds is 2. The molecule has 0 amide bonds. The summed E-state index contributed by atoms with van der Waals surface area (Å²) in [6.07, 6.45) is 4.00. The van der Waals surface area contributed by atoms with Crippen molar-refractivity contribution in [2.45, 2.75) is 38.0 Å². The fraction of sp³-hybridized carbons (Fsp3) is 0.450. The summed E-state index contributed by atoms with van der Waals surface area (Å²) in [6.45, 7) is 2.78. The fourth-order valence-electron chi connectivity index (χ4n) is 5.29. The van der Waals surface area contributed by atoms with Crippen molar-refractivity contribution in [2.75, 3.05) is 6.54 Å². The number of benzene rings is 1. The van der Waals surface area contributed by atoms with Crippen molar-refractivity contribution < 1.29 is 4.79 Å². The highest BCUT2D eigenvalue weighted by Crippen LogP contribution is 2.55. The average Bonchev–Trinajstić information content (AvgIpc) is 3.27. The van der Waals surface area contributed by atoms with E-state index in [4.69, 9.17) is 0 Å². The van der Waals surface area contributed by atoms with Crippen LogP contribution in [0.5, 0.6) is 0 Å². The number of allylic oxidation sites excluding steroid dienone is 2. The Kier molecular flexibility index (Phi) is 2.88. The highest BCUT2D eigenvalue weighted by molar-refractivity contribution is 6.03. The summed E-state index contributed by atoms with van der Waals surface area (Å²) in [5.74, 6) is 1.93. The molecule has 0 spiro atoms. The molecule has 0 aromatic heterocycles. The van der Waals surface area contributed by atoms with Crippen molar-refractivity contribution in [3.63, 3.8) is 0 Å². The van der Waals surface area contributed by atoms with Crippen LogP contribution in [0, 0.1) is 11.8 Å². The van der Waals surface area contributed by atoms with Gasteiger partial charge < -0.3 is 5.32 Å². The molecule has 1 aromatic rings. The van der Waals surface area contributed by atoms with E-state index in [-0.39, 0.29) is 11.3 Å². The SMILES string of the molecule is CC[C@]1(c2ccccc2)C2=C(N=NC2)NC2=C1C(=O)[C@@H]1CC[C@H]2C1. The molecule has 2 heterocycles. The molecule has 0 radical (unpaired) electrons. The first-order valence-corrected chi connectivity index (χ1v) is 8.98. The smallest absolute Gasteiger partial charge is 0.164 e. The number of hydrogen-bond acceptors (Lipinski definition) is 4. The second-order valence-electron chi connectivity index (χ2n) is 7.34. The maximum absolute atomic E-state index is 13.4. The first-order valence-electron chi connectivity index (χ1n) is 8.98. The minimum absolute atomic E-state index is 0.211. The number of nitrogens with one attached hydrogen (secondary N) is 1. The van der Waals surface area contributed by atoms with Gasteiger partial charge in [0.25, 0.3) is 0 Å². The molecule has 2 bridgehead atoms. The molecule has 0 saturated heterocycles. The predicted molar refractivity (Wildman–Crippen MR) is 91.2 cm³/mol. The van der Waals surface area contributed by atoms with Crippen molar-refractivity contribution in [1.29, 1.82) is 0 Å². The summed E-state index contributed by atoms with van der Waals surface area (Å²) in [7, 11) is 0. The van der Waals surface area contributed by atoms with Crippen molar-refractivity contribution in [3.05, 3.63) is 58.6 Å². The van der Waals surface area contributed by atoms with Gasteiger partial charge in [0.05, 0.1) is 12.0 Å². The monoisotopic (exact) mass is 319 g/mol. The number of azo groups is 1. The standard InChI is InChI=1S/C20H21N3O/c1-2-20(14-6-4-3-5-7-14)15-11-21-23-19(15)22-17-12-8-9-13(10-12)18(24)16(17)20/h3-7,12-13,22H,2,8-11H2,1H3/t12-,13+,20-/m0/s1. The third-order valence-corrected chi connectivity index (χ3v) is 6.40. The van der Waals surface area contributed by atoms with Gasteiger partial charge in [0.2, 0.25) is 0 Å². The number of ketones is 1. The van der Waals surface area contributed by atoms with E-state index in [9.17, 15) is 4.79 Å². The molecule has 1 fully saturated rings. The molecule has 2 aliphatic heterocycles. The molecular weight excluding hydrogens is 298 g/mol. The van der Waals surface area contributed by atoms with E-state index in [0.29, 0.717) is 18.2 Å². The summed E-state index contributed by atoms with van der Waals surface area (Å²) in [6, 6.07) is 10.5. The van der Waals surface area contributed by atoms with Crippen molar-refractivity contribution in [1.82, 2.24) is 5.32 Å². The lowest BCUT2D eigenvalue weighted by Gasteiger charge is -2.44. The average molecular weight is 319 g/mol. The summed E-state index contributed by atoms with van der Waals surface area (Å²) in [5, 5.41) is 12.2. The zero-order valence-corrected chi connectivity index (χ0v) is 13.9. The Morgan fingerprint density at radius 3 is 2.79 bits per heavy atom. The quantitative estimate of drug-likeness (QED) is 0.899.